The maximum absolute atomic E-state index is 4.57. The number of hydrogen-bond acceptors (Lipinski definition) is 2. The van der Waals surface area contributed by atoms with E-state index in [9.17, 15) is 0 Å². The summed E-state index contributed by atoms with van der Waals surface area (Å²) in [7, 11) is 0. The highest BCUT2D eigenvalue weighted by molar-refractivity contribution is 5.49. The van der Waals surface area contributed by atoms with Crippen molar-refractivity contribution in [3.63, 3.8) is 0 Å². The van der Waals surface area contributed by atoms with Gasteiger partial charge in [0.15, 0.2) is 0 Å². The van der Waals surface area contributed by atoms with Gasteiger partial charge < -0.3 is 5.32 Å². The zero-order chi connectivity index (χ0) is 9.26. The zero-order valence-corrected chi connectivity index (χ0v) is 8.30. The van der Waals surface area contributed by atoms with E-state index in [-0.39, 0.29) is 0 Å². The molecule has 0 fully saturated rings. The molecule has 1 unspecified atom stereocenters. The highest BCUT2D eigenvalue weighted by atomic mass is 15.0. The predicted molar refractivity (Wildman–Crippen MR) is 55.1 cm³/mol. The molecule has 0 aromatic carbocycles. The Morgan fingerprint density at radius 3 is 3.15 bits per heavy atom. The molecule has 0 radical (unpaired) electrons. The van der Waals surface area contributed by atoms with Crippen molar-refractivity contribution in [3.05, 3.63) is 23.4 Å². The first-order valence-electron chi connectivity index (χ1n) is 5.05. The Morgan fingerprint density at radius 1 is 1.54 bits per heavy atom. The third kappa shape index (κ3) is 1.53. The van der Waals surface area contributed by atoms with Crippen LogP contribution in [0.15, 0.2) is 12.1 Å². The molecule has 1 aromatic heterocycles. The van der Waals surface area contributed by atoms with E-state index in [4.69, 9.17) is 0 Å². The van der Waals surface area contributed by atoms with Gasteiger partial charge in [0.25, 0.3) is 0 Å². The third-order valence-corrected chi connectivity index (χ3v) is 2.75. The number of anilines is 1. The van der Waals surface area contributed by atoms with Gasteiger partial charge in [-0.1, -0.05) is 19.9 Å². The lowest BCUT2D eigenvalue weighted by molar-refractivity contribution is 0.675. The zero-order valence-electron chi connectivity index (χ0n) is 8.30. The molecule has 1 N–H and O–H groups in total. The van der Waals surface area contributed by atoms with Crippen molar-refractivity contribution in [2.24, 2.45) is 0 Å². The second-order valence-electron chi connectivity index (χ2n) is 3.71. The number of nitrogens with zero attached hydrogens (tertiary/aromatic N) is 1. The van der Waals surface area contributed by atoms with Crippen molar-refractivity contribution < 1.29 is 0 Å². The predicted octanol–water partition coefficient (Wildman–Crippen LogP) is 2.56. The lowest BCUT2D eigenvalue weighted by atomic mass is 9.95. The minimum atomic E-state index is 0.662. The summed E-state index contributed by atoms with van der Waals surface area (Å²) in [5.74, 6) is 1.77. The van der Waals surface area contributed by atoms with Crippen LogP contribution < -0.4 is 5.32 Å². The molecule has 1 aliphatic rings. The Kier molecular flexibility index (Phi) is 2.21. The minimum absolute atomic E-state index is 0.662. The third-order valence-electron chi connectivity index (χ3n) is 2.75. The fourth-order valence-electron chi connectivity index (χ4n) is 1.81. The average molecular weight is 176 g/mol. The molecule has 1 aromatic rings. The summed E-state index contributed by atoms with van der Waals surface area (Å²) in [4.78, 5) is 4.57. The molecule has 1 aliphatic heterocycles. The van der Waals surface area contributed by atoms with Crippen LogP contribution in [0.25, 0.3) is 0 Å². The number of fused-ring (bicyclic) bond motifs is 1. The van der Waals surface area contributed by atoms with Gasteiger partial charge in [0.2, 0.25) is 0 Å². The van der Waals surface area contributed by atoms with E-state index < -0.39 is 0 Å². The van der Waals surface area contributed by atoms with E-state index >= 15 is 0 Å². The summed E-state index contributed by atoms with van der Waals surface area (Å²) in [5.41, 5.74) is 2.56. The first kappa shape index (κ1) is 8.54. The van der Waals surface area contributed by atoms with Crippen molar-refractivity contribution in [1.82, 2.24) is 4.98 Å². The van der Waals surface area contributed by atoms with Gasteiger partial charge in [0, 0.05) is 12.2 Å². The fourth-order valence-corrected chi connectivity index (χ4v) is 1.81. The second-order valence-corrected chi connectivity index (χ2v) is 3.71. The number of pyridine rings is 1. The molecule has 2 heteroatoms. The van der Waals surface area contributed by atoms with Gasteiger partial charge >= 0.3 is 0 Å². The standard InChI is InChI=1S/C11H16N2/c1-3-9-4-5-10-8(2)6-7-12-11(10)13-9/h4-5,8H,3,6-7H2,1-2H3,(H,12,13). The van der Waals surface area contributed by atoms with E-state index in [2.05, 4.69) is 36.3 Å². The Morgan fingerprint density at radius 2 is 2.38 bits per heavy atom. The smallest absolute Gasteiger partial charge is 0.129 e. The van der Waals surface area contributed by atoms with Crippen LogP contribution in [0.5, 0.6) is 0 Å². The fraction of sp³-hybridized carbons (Fsp3) is 0.545. The van der Waals surface area contributed by atoms with E-state index in [1.165, 1.54) is 17.7 Å². The van der Waals surface area contributed by atoms with Crippen LogP contribution in [0.3, 0.4) is 0 Å². The van der Waals surface area contributed by atoms with Gasteiger partial charge in [-0.25, -0.2) is 4.98 Å². The largest absolute Gasteiger partial charge is 0.370 e. The summed E-state index contributed by atoms with van der Waals surface area (Å²) in [6.45, 7) is 5.47. The number of aromatic nitrogens is 1. The molecule has 0 spiro atoms. The van der Waals surface area contributed by atoms with Crippen molar-refractivity contribution in [2.75, 3.05) is 11.9 Å². The van der Waals surface area contributed by atoms with Gasteiger partial charge in [0.05, 0.1) is 0 Å². The van der Waals surface area contributed by atoms with Crippen LogP contribution in [0.1, 0.15) is 37.4 Å². The molecule has 70 valence electrons. The van der Waals surface area contributed by atoms with Crippen molar-refractivity contribution in [3.8, 4) is 0 Å². The van der Waals surface area contributed by atoms with Crippen LogP contribution in [0.4, 0.5) is 5.82 Å². The first-order chi connectivity index (χ1) is 6.31. The Labute approximate surface area is 79.4 Å². The van der Waals surface area contributed by atoms with Crippen molar-refractivity contribution in [2.45, 2.75) is 32.6 Å². The first-order valence-corrected chi connectivity index (χ1v) is 5.05. The molecular formula is C11H16N2. The normalized spacial score (nSPS) is 20.6. The molecule has 0 saturated carbocycles. The van der Waals surface area contributed by atoms with E-state index in [0.29, 0.717) is 5.92 Å². The molecule has 1 atom stereocenters. The lowest BCUT2D eigenvalue weighted by Crippen LogP contribution is -2.16. The maximum Gasteiger partial charge on any atom is 0.129 e. The molecule has 2 rings (SSSR count). The molecule has 2 nitrogen and oxygen atoms in total. The summed E-state index contributed by atoms with van der Waals surface area (Å²) >= 11 is 0. The number of hydrogen-bond donors (Lipinski definition) is 1. The quantitative estimate of drug-likeness (QED) is 0.711. The average Bonchev–Trinajstić information content (AvgIpc) is 2.18. The van der Waals surface area contributed by atoms with Gasteiger partial charge in [0.1, 0.15) is 5.82 Å². The molecule has 0 saturated heterocycles. The Balaban J connectivity index is 2.39. The lowest BCUT2D eigenvalue weighted by Gasteiger charge is -2.23. The minimum Gasteiger partial charge on any atom is -0.370 e. The monoisotopic (exact) mass is 176 g/mol. The number of aryl methyl sites for hydroxylation is 1. The van der Waals surface area contributed by atoms with E-state index in [1.807, 2.05) is 0 Å². The van der Waals surface area contributed by atoms with Crippen molar-refractivity contribution >= 4 is 5.82 Å². The van der Waals surface area contributed by atoms with E-state index in [1.54, 1.807) is 0 Å². The molecule has 0 amide bonds. The van der Waals surface area contributed by atoms with Gasteiger partial charge in [-0.3, -0.25) is 0 Å². The summed E-state index contributed by atoms with van der Waals surface area (Å²) in [6.07, 6.45) is 2.24. The molecule has 0 aliphatic carbocycles. The van der Waals surface area contributed by atoms with Gasteiger partial charge in [-0.05, 0) is 30.4 Å². The van der Waals surface area contributed by atoms with Crippen LogP contribution in [0, 0.1) is 0 Å². The van der Waals surface area contributed by atoms with Gasteiger partial charge in [-0.15, -0.1) is 0 Å². The molecular weight excluding hydrogens is 160 g/mol. The summed E-state index contributed by atoms with van der Waals surface area (Å²) in [5, 5.41) is 3.36. The topological polar surface area (TPSA) is 24.9 Å². The highest BCUT2D eigenvalue weighted by Gasteiger charge is 2.16. The second kappa shape index (κ2) is 3.36. The van der Waals surface area contributed by atoms with Crippen LogP contribution >= 0.6 is 0 Å². The molecule has 0 bridgehead atoms. The number of nitrogens with one attached hydrogen (secondary N) is 1. The van der Waals surface area contributed by atoms with Gasteiger partial charge in [-0.2, -0.15) is 0 Å². The maximum atomic E-state index is 4.57. The van der Waals surface area contributed by atoms with E-state index in [0.717, 1.165) is 18.8 Å². The number of rotatable bonds is 1. The summed E-state index contributed by atoms with van der Waals surface area (Å²) in [6, 6.07) is 4.36. The Hall–Kier alpha value is -1.05. The Bertz CT molecular complexity index is 307. The molecule has 2 heterocycles. The van der Waals surface area contributed by atoms with Crippen LogP contribution in [-0.4, -0.2) is 11.5 Å². The van der Waals surface area contributed by atoms with Crippen LogP contribution in [0.2, 0.25) is 0 Å². The SMILES string of the molecule is CCc1ccc2c(n1)NCCC2C. The van der Waals surface area contributed by atoms with Crippen LogP contribution in [-0.2, 0) is 6.42 Å². The highest BCUT2D eigenvalue weighted by Crippen LogP contribution is 2.29. The molecule has 13 heavy (non-hydrogen) atoms. The van der Waals surface area contributed by atoms with Crippen molar-refractivity contribution in [1.29, 1.82) is 0 Å². The summed E-state index contributed by atoms with van der Waals surface area (Å²) < 4.78 is 0.